The van der Waals surface area contributed by atoms with Crippen LogP contribution in [0.4, 0.5) is 13.2 Å². The first-order valence-corrected chi connectivity index (χ1v) is 5.90. The molecule has 2 N–H and O–H groups in total. The molecule has 1 aromatic rings. The van der Waals surface area contributed by atoms with Gasteiger partial charge in [-0.25, -0.2) is 0 Å². The molecule has 19 heavy (non-hydrogen) atoms. The molecule has 1 rings (SSSR count). The third-order valence-electron chi connectivity index (χ3n) is 2.72. The van der Waals surface area contributed by atoms with E-state index < -0.39 is 17.7 Å². The monoisotopic (exact) mass is 275 g/mol. The Morgan fingerprint density at radius 3 is 2.58 bits per heavy atom. The minimum Gasteiger partial charge on any atom is -0.395 e. The van der Waals surface area contributed by atoms with Crippen LogP contribution in [-0.4, -0.2) is 24.2 Å². The lowest BCUT2D eigenvalue weighted by Gasteiger charge is -2.17. The Bertz CT molecular complexity index is 432. The van der Waals surface area contributed by atoms with Crippen LogP contribution in [-0.2, 0) is 11.0 Å². The van der Waals surface area contributed by atoms with Crippen molar-refractivity contribution in [2.75, 3.05) is 13.2 Å². The lowest BCUT2D eigenvalue weighted by molar-refractivity contribution is -0.138. The number of amides is 1. The van der Waals surface area contributed by atoms with Gasteiger partial charge in [-0.3, -0.25) is 4.79 Å². The van der Waals surface area contributed by atoms with Gasteiger partial charge in [0, 0.05) is 13.0 Å². The highest BCUT2D eigenvalue weighted by atomic mass is 19.4. The number of carbonyl (C=O) groups excluding carboxylic acids is 1. The summed E-state index contributed by atoms with van der Waals surface area (Å²) in [5, 5.41) is 11.0. The molecular weight excluding hydrogens is 259 g/mol. The summed E-state index contributed by atoms with van der Waals surface area (Å²) in [4.78, 5) is 11.4. The van der Waals surface area contributed by atoms with E-state index in [0.717, 1.165) is 6.07 Å². The maximum absolute atomic E-state index is 12.8. The van der Waals surface area contributed by atoms with Crippen LogP contribution >= 0.6 is 0 Å². The van der Waals surface area contributed by atoms with Crippen molar-refractivity contribution >= 4 is 5.91 Å². The van der Waals surface area contributed by atoms with E-state index in [0.29, 0.717) is 0 Å². The number of alkyl halides is 3. The second kappa shape index (κ2) is 6.56. The summed E-state index contributed by atoms with van der Waals surface area (Å²) in [6.45, 7) is 1.48. The first kappa shape index (κ1) is 15.5. The number of nitrogens with one attached hydrogen (secondary N) is 1. The first-order valence-electron chi connectivity index (χ1n) is 5.90. The predicted molar refractivity (Wildman–Crippen MR) is 64.6 cm³/mol. The van der Waals surface area contributed by atoms with Crippen LogP contribution < -0.4 is 5.32 Å². The van der Waals surface area contributed by atoms with Gasteiger partial charge in [0.15, 0.2) is 0 Å². The van der Waals surface area contributed by atoms with E-state index in [1.54, 1.807) is 6.92 Å². The summed E-state index contributed by atoms with van der Waals surface area (Å²) in [7, 11) is 0. The number of benzene rings is 1. The molecule has 1 atom stereocenters. The zero-order valence-corrected chi connectivity index (χ0v) is 10.5. The van der Waals surface area contributed by atoms with Crippen molar-refractivity contribution in [2.45, 2.75) is 25.4 Å². The molecule has 1 aromatic carbocycles. The van der Waals surface area contributed by atoms with Crippen molar-refractivity contribution < 1.29 is 23.1 Å². The van der Waals surface area contributed by atoms with Crippen LogP contribution in [0.1, 0.15) is 30.4 Å². The standard InChI is InChI=1S/C13H16F3NO2/c1-9(8-12(19)17-6-7-18)10-4-2-3-5-11(10)13(14,15)16/h2-5,9,18H,6-8H2,1H3,(H,17,19). The lowest BCUT2D eigenvalue weighted by Crippen LogP contribution is -2.27. The predicted octanol–water partition coefficient (Wildman–Crippen LogP) is 2.31. The molecule has 3 nitrogen and oxygen atoms in total. The van der Waals surface area contributed by atoms with E-state index in [1.165, 1.54) is 18.2 Å². The lowest BCUT2D eigenvalue weighted by atomic mass is 9.92. The van der Waals surface area contributed by atoms with E-state index >= 15 is 0 Å². The summed E-state index contributed by atoms with van der Waals surface area (Å²) in [5.74, 6) is -0.921. The van der Waals surface area contributed by atoms with Crippen LogP contribution in [0.3, 0.4) is 0 Å². The molecule has 0 heterocycles. The Morgan fingerprint density at radius 1 is 1.37 bits per heavy atom. The Labute approximate surface area is 109 Å². The van der Waals surface area contributed by atoms with Crippen molar-refractivity contribution in [3.63, 3.8) is 0 Å². The molecule has 0 aliphatic rings. The summed E-state index contributed by atoms with van der Waals surface area (Å²) >= 11 is 0. The fourth-order valence-electron chi connectivity index (χ4n) is 1.84. The fourth-order valence-corrected chi connectivity index (χ4v) is 1.84. The second-order valence-corrected chi connectivity index (χ2v) is 4.26. The molecule has 0 radical (unpaired) electrons. The highest BCUT2D eigenvalue weighted by Gasteiger charge is 2.34. The van der Waals surface area contributed by atoms with Gasteiger partial charge in [0.05, 0.1) is 12.2 Å². The highest BCUT2D eigenvalue weighted by molar-refractivity contribution is 5.76. The zero-order chi connectivity index (χ0) is 14.5. The second-order valence-electron chi connectivity index (χ2n) is 4.26. The van der Waals surface area contributed by atoms with Crippen LogP contribution in [0.5, 0.6) is 0 Å². The van der Waals surface area contributed by atoms with Gasteiger partial charge in [0.25, 0.3) is 0 Å². The smallest absolute Gasteiger partial charge is 0.395 e. The summed E-state index contributed by atoms with van der Waals surface area (Å²) in [6.07, 6.45) is -4.47. The van der Waals surface area contributed by atoms with Gasteiger partial charge in [-0.05, 0) is 17.5 Å². The van der Waals surface area contributed by atoms with Crippen molar-refractivity contribution in [2.24, 2.45) is 0 Å². The molecule has 0 aromatic heterocycles. The van der Waals surface area contributed by atoms with Gasteiger partial charge >= 0.3 is 6.18 Å². The quantitative estimate of drug-likeness (QED) is 0.866. The molecule has 1 unspecified atom stereocenters. The van der Waals surface area contributed by atoms with Crippen LogP contribution in [0, 0.1) is 0 Å². The topological polar surface area (TPSA) is 49.3 Å². The third-order valence-corrected chi connectivity index (χ3v) is 2.72. The number of rotatable bonds is 5. The maximum atomic E-state index is 12.8. The molecule has 0 saturated carbocycles. The number of aliphatic hydroxyl groups is 1. The minimum absolute atomic E-state index is 0.0485. The van der Waals surface area contributed by atoms with Gasteiger partial charge in [0.2, 0.25) is 5.91 Å². The van der Waals surface area contributed by atoms with Crippen molar-refractivity contribution in [3.8, 4) is 0 Å². The average Bonchev–Trinajstić information content (AvgIpc) is 2.35. The highest BCUT2D eigenvalue weighted by Crippen LogP contribution is 2.35. The molecule has 0 spiro atoms. The minimum atomic E-state index is -4.42. The largest absolute Gasteiger partial charge is 0.416 e. The molecular formula is C13H16F3NO2. The molecule has 0 bridgehead atoms. The number of hydrogen-bond acceptors (Lipinski definition) is 2. The van der Waals surface area contributed by atoms with Crippen molar-refractivity contribution in [1.82, 2.24) is 5.32 Å². The summed E-state index contributed by atoms with van der Waals surface area (Å²) in [5.41, 5.74) is -0.605. The van der Waals surface area contributed by atoms with E-state index in [2.05, 4.69) is 5.32 Å². The Hall–Kier alpha value is -1.56. The van der Waals surface area contributed by atoms with Gasteiger partial charge in [-0.2, -0.15) is 13.2 Å². The van der Waals surface area contributed by atoms with Crippen molar-refractivity contribution in [1.29, 1.82) is 0 Å². The van der Waals surface area contributed by atoms with Gasteiger partial charge < -0.3 is 10.4 Å². The summed E-state index contributed by atoms with van der Waals surface area (Å²) < 4.78 is 38.4. The Morgan fingerprint density at radius 2 is 2.00 bits per heavy atom. The third kappa shape index (κ3) is 4.55. The van der Waals surface area contributed by atoms with Gasteiger partial charge in [-0.1, -0.05) is 25.1 Å². The van der Waals surface area contributed by atoms with Gasteiger partial charge in [0.1, 0.15) is 0 Å². The maximum Gasteiger partial charge on any atom is 0.416 e. The van der Waals surface area contributed by atoms with Crippen molar-refractivity contribution in [3.05, 3.63) is 35.4 Å². The van der Waals surface area contributed by atoms with E-state index in [9.17, 15) is 18.0 Å². The molecule has 6 heteroatoms. The van der Waals surface area contributed by atoms with Crippen LogP contribution in [0.25, 0.3) is 0 Å². The number of carbonyl (C=O) groups is 1. The van der Waals surface area contributed by atoms with Gasteiger partial charge in [-0.15, -0.1) is 0 Å². The average molecular weight is 275 g/mol. The Balaban J connectivity index is 2.82. The molecule has 106 valence electrons. The van der Waals surface area contributed by atoms with Crippen LogP contribution in [0.15, 0.2) is 24.3 Å². The molecule has 0 saturated heterocycles. The SMILES string of the molecule is CC(CC(=O)NCCO)c1ccccc1C(F)(F)F. The van der Waals surface area contributed by atoms with E-state index in [4.69, 9.17) is 5.11 Å². The van der Waals surface area contributed by atoms with E-state index in [-0.39, 0.29) is 31.0 Å². The molecule has 0 aliphatic heterocycles. The zero-order valence-electron chi connectivity index (χ0n) is 10.5. The number of halogens is 3. The number of hydrogen-bond donors (Lipinski definition) is 2. The normalized spacial score (nSPS) is 13.1. The number of aliphatic hydroxyl groups excluding tert-OH is 1. The fraction of sp³-hybridized carbons (Fsp3) is 0.462. The molecule has 1 amide bonds. The summed E-state index contributed by atoms with van der Waals surface area (Å²) in [6, 6.07) is 5.24. The Kier molecular flexibility index (Phi) is 5.35. The molecule has 0 fully saturated rings. The van der Waals surface area contributed by atoms with E-state index in [1.807, 2.05) is 0 Å². The van der Waals surface area contributed by atoms with Crippen LogP contribution in [0.2, 0.25) is 0 Å². The molecule has 0 aliphatic carbocycles. The first-order chi connectivity index (χ1) is 8.86.